The summed E-state index contributed by atoms with van der Waals surface area (Å²) in [5.41, 5.74) is 7.79. The zero-order valence-electron chi connectivity index (χ0n) is 21.9. The van der Waals surface area contributed by atoms with Gasteiger partial charge in [-0.25, -0.2) is 9.97 Å². The summed E-state index contributed by atoms with van der Waals surface area (Å²) >= 11 is 0. The average Bonchev–Trinajstić information content (AvgIpc) is 3.72. The van der Waals surface area contributed by atoms with Gasteiger partial charge < -0.3 is 24.0 Å². The summed E-state index contributed by atoms with van der Waals surface area (Å²) in [7, 11) is 6.45. The Morgan fingerprint density at radius 1 is 0.718 bits per heavy atom. The first kappa shape index (κ1) is 26.2. The minimum atomic E-state index is 0. The van der Waals surface area contributed by atoms with Gasteiger partial charge in [-0.15, -0.1) is 0 Å². The normalized spacial score (nSPS) is 11.9. The van der Waals surface area contributed by atoms with Crippen LogP contribution in [0.2, 0.25) is 0 Å². The fourth-order valence-electron chi connectivity index (χ4n) is 4.88. The minimum absolute atomic E-state index is 0. The van der Waals surface area contributed by atoms with E-state index in [9.17, 15) is 0 Å². The maximum absolute atomic E-state index is 6.05. The van der Waals surface area contributed by atoms with Crippen LogP contribution in [-0.4, -0.2) is 48.1 Å². The molecule has 0 unspecified atom stereocenters. The second kappa shape index (κ2) is 10.7. The summed E-state index contributed by atoms with van der Waals surface area (Å²) in [6.07, 6.45) is 5.83. The Balaban J connectivity index is 0.00000308. The van der Waals surface area contributed by atoms with Crippen molar-refractivity contribution in [1.82, 2.24) is 19.7 Å². The maximum atomic E-state index is 6.05. The van der Waals surface area contributed by atoms with Crippen LogP contribution in [-0.2, 0) is 21.8 Å². The number of benzene rings is 1. The topological polar surface area (TPSA) is 83.4 Å². The van der Waals surface area contributed by atoms with Crippen LogP contribution in [0.25, 0.3) is 57.2 Å². The fourth-order valence-corrected chi connectivity index (χ4v) is 4.88. The summed E-state index contributed by atoms with van der Waals surface area (Å²) in [6.45, 7) is 0. The summed E-state index contributed by atoms with van der Waals surface area (Å²) in [6, 6.07) is 19.9. The van der Waals surface area contributed by atoms with Crippen LogP contribution in [0.5, 0.6) is 11.5 Å². The van der Waals surface area contributed by atoms with Gasteiger partial charge >= 0.3 is 0 Å². The zero-order chi connectivity index (χ0) is 26.2. The quantitative estimate of drug-likeness (QED) is 0.272. The Labute approximate surface area is 236 Å². The number of rotatable bonds is 5. The molecule has 0 amide bonds. The molecular formula is C30H26MnN4O4. The van der Waals surface area contributed by atoms with Crippen LogP contribution >= 0.6 is 0 Å². The first-order valence-electron chi connectivity index (χ1n) is 12.1. The molecule has 0 atom stereocenters. The summed E-state index contributed by atoms with van der Waals surface area (Å²) in [5, 5.41) is 0. The molecule has 39 heavy (non-hydrogen) atoms. The van der Waals surface area contributed by atoms with Crippen molar-refractivity contribution in [2.45, 2.75) is 0 Å². The molecule has 0 fully saturated rings. The maximum Gasteiger partial charge on any atom is 0.179 e. The van der Waals surface area contributed by atoms with Crippen LogP contribution in [0.3, 0.4) is 0 Å². The zero-order valence-corrected chi connectivity index (χ0v) is 23.0. The van der Waals surface area contributed by atoms with E-state index in [4.69, 9.17) is 29.0 Å². The van der Waals surface area contributed by atoms with E-state index in [2.05, 4.69) is 4.98 Å². The molecule has 0 spiro atoms. The van der Waals surface area contributed by atoms with Crippen molar-refractivity contribution in [2.75, 3.05) is 28.4 Å². The van der Waals surface area contributed by atoms with Gasteiger partial charge in [0.05, 0.1) is 49.5 Å². The molecule has 1 N–H and O–H groups in total. The van der Waals surface area contributed by atoms with Gasteiger partial charge in [-0.1, -0.05) is 30.3 Å². The standard InChI is InChI=1S/C30H26N4O4.Mn/c1-35-25-17-23-15-21-11-10-19(31-21)14-20-12-13-22(32-20)16-24-26(18-8-6-5-7-9-18)29(36-2)28(34(24)38-4)30(37-3)27(25)33-23;/h5-17,31H,1-4H3;. The van der Waals surface area contributed by atoms with Crippen molar-refractivity contribution in [3.8, 4) is 22.6 Å². The largest absolute Gasteiger partial charge is 0.494 e. The molecule has 4 aromatic rings. The monoisotopic (exact) mass is 561 g/mol. The Kier molecular flexibility index (Phi) is 7.19. The molecule has 5 heterocycles. The van der Waals surface area contributed by atoms with E-state index in [0.717, 1.165) is 39.1 Å². The number of aromatic amines is 1. The van der Waals surface area contributed by atoms with Gasteiger partial charge in [0.1, 0.15) is 7.11 Å². The summed E-state index contributed by atoms with van der Waals surface area (Å²) < 4.78 is 19.5. The predicted molar refractivity (Wildman–Crippen MR) is 149 cm³/mol. The first-order chi connectivity index (χ1) is 18.6. The van der Waals surface area contributed by atoms with Crippen molar-refractivity contribution in [1.29, 1.82) is 0 Å². The molecular weight excluding hydrogens is 535 g/mol. The number of hydrogen-bond donors (Lipinski definition) is 1. The number of aromatic nitrogens is 4. The smallest absolute Gasteiger partial charge is 0.179 e. The third kappa shape index (κ3) is 4.56. The van der Waals surface area contributed by atoms with E-state index < -0.39 is 0 Å². The molecule has 0 saturated carbocycles. The summed E-state index contributed by atoms with van der Waals surface area (Å²) in [4.78, 5) is 19.1. The number of ether oxygens (including phenoxy) is 3. The van der Waals surface area contributed by atoms with Crippen molar-refractivity contribution in [3.05, 3.63) is 83.4 Å². The number of H-pyrrole nitrogens is 1. The van der Waals surface area contributed by atoms with Gasteiger partial charge in [0.2, 0.25) is 0 Å². The van der Waals surface area contributed by atoms with Gasteiger partial charge in [0, 0.05) is 34.2 Å². The Morgan fingerprint density at radius 3 is 2.03 bits per heavy atom. The van der Waals surface area contributed by atoms with Crippen LogP contribution in [0.1, 0.15) is 22.8 Å². The van der Waals surface area contributed by atoms with Gasteiger partial charge in [-0.05, 0) is 48.0 Å². The van der Waals surface area contributed by atoms with Crippen LogP contribution in [0, 0.1) is 0 Å². The fraction of sp³-hybridized carbons (Fsp3) is 0.133. The number of nitrogens with zero attached hydrogens (tertiary/aromatic N) is 3. The SMILES string of the molecule is COC1=Cc2cc3ccc(cc4nc(cc5c(-c6ccccc6)c(OC)c(c(OC)c1n2)n5OC)C=C4)[nH]3.[Mn]. The minimum Gasteiger partial charge on any atom is -0.494 e. The van der Waals surface area contributed by atoms with Gasteiger partial charge in [-0.2, -0.15) is 4.73 Å². The molecule has 2 aliphatic rings. The Hall–Kier alpha value is -4.46. The van der Waals surface area contributed by atoms with Crippen molar-refractivity contribution in [3.63, 3.8) is 0 Å². The van der Waals surface area contributed by atoms with Gasteiger partial charge in [-0.3, -0.25) is 0 Å². The number of methoxy groups -OCH3 is 3. The number of nitrogens with one attached hydrogen (secondary N) is 1. The summed E-state index contributed by atoms with van der Waals surface area (Å²) in [5.74, 6) is 1.59. The van der Waals surface area contributed by atoms with Crippen LogP contribution < -0.4 is 14.3 Å². The second-order valence-corrected chi connectivity index (χ2v) is 8.71. The molecule has 197 valence electrons. The molecule has 0 aliphatic carbocycles. The van der Waals surface area contributed by atoms with Crippen molar-refractivity contribution < 1.29 is 36.1 Å². The Morgan fingerprint density at radius 2 is 1.38 bits per heavy atom. The van der Waals surface area contributed by atoms with Gasteiger partial charge in [0.15, 0.2) is 28.5 Å². The third-order valence-corrected chi connectivity index (χ3v) is 6.48. The first-order valence-corrected chi connectivity index (χ1v) is 12.1. The number of fused-ring (bicyclic) bond motifs is 8. The molecule has 6 rings (SSSR count). The van der Waals surface area contributed by atoms with E-state index in [1.807, 2.05) is 78.9 Å². The van der Waals surface area contributed by atoms with E-state index >= 15 is 0 Å². The van der Waals surface area contributed by atoms with Crippen LogP contribution in [0.15, 0.2) is 60.7 Å². The van der Waals surface area contributed by atoms with E-state index in [0.29, 0.717) is 34.2 Å². The molecule has 1 radical (unpaired) electrons. The molecule has 0 saturated heterocycles. The molecule has 8 bridgehead atoms. The third-order valence-electron chi connectivity index (χ3n) is 6.48. The molecule has 3 aromatic heterocycles. The Bertz CT molecular complexity index is 1770. The van der Waals surface area contributed by atoms with Crippen molar-refractivity contribution >= 4 is 46.1 Å². The van der Waals surface area contributed by atoms with Crippen molar-refractivity contribution in [2.24, 2.45) is 0 Å². The van der Waals surface area contributed by atoms with E-state index in [-0.39, 0.29) is 17.1 Å². The number of hydrogen-bond acceptors (Lipinski definition) is 6. The van der Waals surface area contributed by atoms with Gasteiger partial charge in [0.25, 0.3) is 0 Å². The molecule has 2 aliphatic heterocycles. The molecule has 8 nitrogen and oxygen atoms in total. The second-order valence-electron chi connectivity index (χ2n) is 8.71. The molecule has 9 heteroatoms. The predicted octanol–water partition coefficient (Wildman–Crippen LogP) is 5.84. The van der Waals surface area contributed by atoms with E-state index in [1.165, 1.54) is 0 Å². The van der Waals surface area contributed by atoms with E-state index in [1.54, 1.807) is 33.2 Å². The average molecular weight is 562 g/mol. The molecule has 1 aromatic carbocycles. The van der Waals surface area contributed by atoms with Crippen LogP contribution in [0.4, 0.5) is 0 Å².